The summed E-state index contributed by atoms with van der Waals surface area (Å²) in [5, 5.41) is 3.32. The highest BCUT2D eigenvalue weighted by molar-refractivity contribution is 6.01. The molecule has 2 heterocycles. The summed E-state index contributed by atoms with van der Waals surface area (Å²) < 4.78 is 42.6. The predicted molar refractivity (Wildman–Crippen MR) is 107 cm³/mol. The van der Waals surface area contributed by atoms with Crippen LogP contribution in [-0.2, 0) is 4.74 Å². The molecule has 2 aromatic rings. The fraction of sp³-hybridized carbons (Fsp3) is 0.409. The van der Waals surface area contributed by atoms with Crippen molar-refractivity contribution in [3.05, 3.63) is 53.6 Å². The molecule has 0 saturated carbocycles. The second kappa shape index (κ2) is 8.87. The van der Waals surface area contributed by atoms with Gasteiger partial charge >= 0.3 is 6.61 Å². The Morgan fingerprint density at radius 2 is 2.07 bits per heavy atom. The van der Waals surface area contributed by atoms with Gasteiger partial charge in [0.25, 0.3) is 5.91 Å². The summed E-state index contributed by atoms with van der Waals surface area (Å²) in [6.07, 6.45) is 0.974. The number of alkyl halides is 2. The van der Waals surface area contributed by atoms with Crippen molar-refractivity contribution in [3.8, 4) is 11.5 Å². The summed E-state index contributed by atoms with van der Waals surface area (Å²) in [6.45, 7) is 0.0335. The van der Waals surface area contributed by atoms with E-state index in [4.69, 9.17) is 14.2 Å². The van der Waals surface area contributed by atoms with Crippen molar-refractivity contribution < 1.29 is 27.8 Å². The normalized spacial score (nSPS) is 20.8. The lowest BCUT2D eigenvalue weighted by atomic mass is 10.0. The molecule has 0 unspecified atom stereocenters. The number of nitrogens with zero attached hydrogens (tertiary/aromatic N) is 1. The van der Waals surface area contributed by atoms with Crippen molar-refractivity contribution in [2.24, 2.45) is 0 Å². The van der Waals surface area contributed by atoms with Gasteiger partial charge in [0.1, 0.15) is 6.17 Å². The predicted octanol–water partition coefficient (Wildman–Crippen LogP) is 4.43. The molecular formula is C22H24F2N2O4. The number of anilines is 1. The minimum Gasteiger partial charge on any atom is -0.490 e. The zero-order chi connectivity index (χ0) is 21.1. The third-order valence-electron chi connectivity index (χ3n) is 5.26. The zero-order valence-corrected chi connectivity index (χ0v) is 16.6. The molecule has 1 fully saturated rings. The van der Waals surface area contributed by atoms with Crippen molar-refractivity contribution in [3.63, 3.8) is 0 Å². The molecule has 2 aromatic carbocycles. The van der Waals surface area contributed by atoms with Crippen LogP contribution in [0.2, 0.25) is 0 Å². The summed E-state index contributed by atoms with van der Waals surface area (Å²) in [7, 11) is 0. The molecule has 0 spiro atoms. The molecule has 0 aromatic heterocycles. The van der Waals surface area contributed by atoms with Crippen LogP contribution in [-0.4, -0.2) is 43.3 Å². The molecule has 8 heteroatoms. The van der Waals surface area contributed by atoms with Gasteiger partial charge in [-0.15, -0.1) is 0 Å². The van der Waals surface area contributed by atoms with Gasteiger partial charge in [-0.3, -0.25) is 4.79 Å². The summed E-state index contributed by atoms with van der Waals surface area (Å²) >= 11 is 0. The molecule has 0 radical (unpaired) electrons. The van der Waals surface area contributed by atoms with Gasteiger partial charge < -0.3 is 24.4 Å². The molecule has 0 bridgehead atoms. The maximum atomic E-state index is 13.3. The highest BCUT2D eigenvalue weighted by Crippen LogP contribution is 2.42. The zero-order valence-electron chi connectivity index (χ0n) is 16.6. The van der Waals surface area contributed by atoms with Crippen LogP contribution in [0.15, 0.2) is 42.5 Å². The number of benzene rings is 2. The maximum Gasteiger partial charge on any atom is 0.387 e. The van der Waals surface area contributed by atoms with Crippen LogP contribution in [0, 0.1) is 0 Å². The standard InChI is InChI=1S/C22H24F2N2O4/c1-2-28-18-11-5-9-16(19(18)30-22(23)24)20-25-17-10-4-3-8-15(17)21(27)26(20)13-14-7-6-12-29-14/h3-5,8-11,14,20,22,25H,2,6-7,12-13H2,1H3/t14-,20+/m0/s1. The molecule has 1 N–H and O–H groups in total. The molecule has 1 saturated heterocycles. The number of fused-ring (bicyclic) bond motifs is 1. The van der Waals surface area contributed by atoms with E-state index in [1.54, 1.807) is 48.2 Å². The third kappa shape index (κ3) is 4.05. The van der Waals surface area contributed by atoms with Gasteiger partial charge in [-0.2, -0.15) is 8.78 Å². The number of hydrogen-bond acceptors (Lipinski definition) is 5. The first-order valence-electron chi connectivity index (χ1n) is 10.1. The Kier molecular flexibility index (Phi) is 6.03. The summed E-state index contributed by atoms with van der Waals surface area (Å²) in [4.78, 5) is 15.0. The topological polar surface area (TPSA) is 60.0 Å². The van der Waals surface area contributed by atoms with Gasteiger partial charge in [-0.1, -0.05) is 24.3 Å². The number of halogens is 2. The highest BCUT2D eigenvalue weighted by atomic mass is 19.3. The van der Waals surface area contributed by atoms with Crippen LogP contribution < -0.4 is 14.8 Å². The number of amides is 1. The summed E-state index contributed by atoms with van der Waals surface area (Å²) in [5.41, 5.74) is 1.58. The number of hydrogen-bond donors (Lipinski definition) is 1. The Hall–Kier alpha value is -2.87. The number of rotatable bonds is 7. The van der Waals surface area contributed by atoms with Gasteiger partial charge in [0.2, 0.25) is 0 Å². The Morgan fingerprint density at radius 1 is 1.23 bits per heavy atom. The molecule has 1 amide bonds. The Morgan fingerprint density at radius 3 is 2.80 bits per heavy atom. The summed E-state index contributed by atoms with van der Waals surface area (Å²) in [5.74, 6) is -0.0495. The number of carbonyl (C=O) groups excluding carboxylic acids is 1. The molecule has 6 nitrogen and oxygen atoms in total. The van der Waals surface area contributed by atoms with Crippen molar-refractivity contribution >= 4 is 11.6 Å². The molecule has 2 aliphatic heterocycles. The third-order valence-corrected chi connectivity index (χ3v) is 5.26. The van der Waals surface area contributed by atoms with Gasteiger partial charge in [0.15, 0.2) is 11.5 Å². The van der Waals surface area contributed by atoms with Crippen molar-refractivity contribution in [2.45, 2.75) is 38.6 Å². The Balaban J connectivity index is 1.78. The van der Waals surface area contributed by atoms with E-state index in [-0.39, 0.29) is 23.5 Å². The minimum absolute atomic E-state index is 0.0728. The first-order valence-corrected chi connectivity index (χ1v) is 10.1. The molecular weight excluding hydrogens is 394 g/mol. The SMILES string of the molecule is CCOc1cccc([C@@H]2Nc3ccccc3C(=O)N2C[C@@H]2CCCO2)c1OC(F)F. The van der Waals surface area contributed by atoms with Gasteiger partial charge in [-0.25, -0.2) is 0 Å². The fourth-order valence-electron chi connectivity index (χ4n) is 3.97. The smallest absolute Gasteiger partial charge is 0.387 e. The van der Waals surface area contributed by atoms with Crippen molar-refractivity contribution in [2.75, 3.05) is 25.1 Å². The first kappa shape index (κ1) is 20.4. The van der Waals surface area contributed by atoms with Crippen LogP contribution in [0.1, 0.15) is 41.9 Å². The van der Waals surface area contributed by atoms with Crippen LogP contribution >= 0.6 is 0 Å². The lowest BCUT2D eigenvalue weighted by Crippen LogP contribution is -2.46. The second-order valence-electron chi connectivity index (χ2n) is 7.17. The van der Waals surface area contributed by atoms with Crippen LogP contribution in [0.25, 0.3) is 0 Å². The molecule has 2 aliphatic rings. The van der Waals surface area contributed by atoms with E-state index in [1.807, 2.05) is 6.07 Å². The van der Waals surface area contributed by atoms with Gasteiger partial charge in [-0.05, 0) is 38.0 Å². The molecule has 2 atom stereocenters. The van der Waals surface area contributed by atoms with Crippen LogP contribution in [0.4, 0.5) is 14.5 Å². The van der Waals surface area contributed by atoms with Crippen LogP contribution in [0.3, 0.4) is 0 Å². The second-order valence-corrected chi connectivity index (χ2v) is 7.17. The number of carbonyl (C=O) groups is 1. The van der Waals surface area contributed by atoms with E-state index in [0.717, 1.165) is 12.8 Å². The minimum atomic E-state index is -3.02. The monoisotopic (exact) mass is 418 g/mol. The van der Waals surface area contributed by atoms with E-state index in [9.17, 15) is 13.6 Å². The van der Waals surface area contributed by atoms with E-state index in [2.05, 4.69) is 5.32 Å². The highest BCUT2D eigenvalue weighted by Gasteiger charge is 2.37. The van der Waals surface area contributed by atoms with Gasteiger partial charge in [0.05, 0.1) is 18.3 Å². The molecule has 30 heavy (non-hydrogen) atoms. The maximum absolute atomic E-state index is 13.3. The average molecular weight is 418 g/mol. The van der Waals surface area contributed by atoms with Crippen molar-refractivity contribution in [1.29, 1.82) is 0 Å². The molecule has 4 rings (SSSR count). The van der Waals surface area contributed by atoms with Gasteiger partial charge in [0, 0.05) is 24.4 Å². The number of para-hydroxylation sites is 2. The molecule has 160 valence electrons. The van der Waals surface area contributed by atoms with Crippen LogP contribution in [0.5, 0.6) is 11.5 Å². The van der Waals surface area contributed by atoms with E-state index >= 15 is 0 Å². The number of nitrogens with one attached hydrogen (secondary N) is 1. The van der Waals surface area contributed by atoms with E-state index in [1.165, 1.54) is 0 Å². The number of ether oxygens (including phenoxy) is 3. The van der Waals surface area contributed by atoms with Crippen molar-refractivity contribution in [1.82, 2.24) is 4.90 Å². The average Bonchev–Trinajstić information content (AvgIpc) is 3.24. The van der Waals surface area contributed by atoms with E-state index in [0.29, 0.717) is 36.6 Å². The lowest BCUT2D eigenvalue weighted by molar-refractivity contribution is -0.0527. The fourth-order valence-corrected chi connectivity index (χ4v) is 3.97. The molecule has 0 aliphatic carbocycles. The summed E-state index contributed by atoms with van der Waals surface area (Å²) in [6, 6.07) is 12.1. The quantitative estimate of drug-likeness (QED) is 0.721. The Bertz CT molecular complexity index is 902. The van der Waals surface area contributed by atoms with E-state index < -0.39 is 12.8 Å². The first-order chi connectivity index (χ1) is 14.6. The Labute approximate surface area is 173 Å². The largest absolute Gasteiger partial charge is 0.490 e. The lowest BCUT2D eigenvalue weighted by Gasteiger charge is -2.39.